The van der Waals surface area contributed by atoms with E-state index in [-0.39, 0.29) is 24.5 Å². The predicted octanol–water partition coefficient (Wildman–Crippen LogP) is 1.97. The second kappa shape index (κ2) is 8.74. The number of likely N-dealkylation sites (N-methyl/N-ethyl adjacent to an activating group) is 1. The molecule has 1 aliphatic heterocycles. The lowest BCUT2D eigenvalue weighted by Gasteiger charge is -2.32. The van der Waals surface area contributed by atoms with Gasteiger partial charge in [-0.05, 0) is 36.5 Å². The molecule has 3 rings (SSSR count). The average molecular weight is 374 g/mol. The standard InChI is InChI=1S/C21H30N2O4/c1-22(2)21(25)14-27-19-9-5-7-16-12-23(13-18(16)19)20(24)11-15-6-4-8-17(10-15)26-3/h4,6,8,10,16,18-19H,5,7,9,11-14H2,1-3H3/t16-,18+,19-/m1/s1. The molecule has 2 aliphatic rings. The number of carbonyl (C=O) groups is 2. The zero-order valence-corrected chi connectivity index (χ0v) is 16.5. The minimum absolute atomic E-state index is 0.0129. The number of carbonyl (C=O) groups excluding carboxylic acids is 2. The van der Waals surface area contributed by atoms with Crippen LogP contribution in [0.4, 0.5) is 0 Å². The number of benzene rings is 1. The van der Waals surface area contributed by atoms with Crippen molar-refractivity contribution in [3.63, 3.8) is 0 Å². The first-order valence-electron chi connectivity index (χ1n) is 9.70. The van der Waals surface area contributed by atoms with Crippen molar-refractivity contribution in [1.29, 1.82) is 0 Å². The van der Waals surface area contributed by atoms with Gasteiger partial charge in [-0.3, -0.25) is 9.59 Å². The first-order chi connectivity index (χ1) is 13.0. The van der Waals surface area contributed by atoms with Crippen LogP contribution >= 0.6 is 0 Å². The van der Waals surface area contributed by atoms with E-state index in [0.29, 0.717) is 18.3 Å². The van der Waals surface area contributed by atoms with Gasteiger partial charge in [0.25, 0.3) is 0 Å². The molecule has 0 aromatic heterocycles. The van der Waals surface area contributed by atoms with Crippen LogP contribution in [0.5, 0.6) is 5.75 Å². The number of methoxy groups -OCH3 is 1. The Bertz CT molecular complexity index is 676. The van der Waals surface area contributed by atoms with Crippen molar-refractivity contribution in [2.24, 2.45) is 11.8 Å². The Morgan fingerprint density at radius 2 is 2.04 bits per heavy atom. The highest BCUT2D eigenvalue weighted by atomic mass is 16.5. The summed E-state index contributed by atoms with van der Waals surface area (Å²) in [6.07, 6.45) is 3.66. The summed E-state index contributed by atoms with van der Waals surface area (Å²) in [6.45, 7) is 1.65. The van der Waals surface area contributed by atoms with Crippen LogP contribution in [0.1, 0.15) is 24.8 Å². The van der Waals surface area contributed by atoms with Gasteiger partial charge in [-0.1, -0.05) is 18.6 Å². The average Bonchev–Trinajstić information content (AvgIpc) is 3.11. The fourth-order valence-electron chi connectivity index (χ4n) is 4.21. The van der Waals surface area contributed by atoms with E-state index in [1.165, 1.54) is 0 Å². The molecule has 0 radical (unpaired) electrons. The number of hydrogen-bond donors (Lipinski definition) is 0. The third-order valence-electron chi connectivity index (χ3n) is 5.79. The van der Waals surface area contributed by atoms with Crippen molar-refractivity contribution >= 4 is 11.8 Å². The maximum atomic E-state index is 12.8. The second-order valence-corrected chi connectivity index (χ2v) is 7.82. The summed E-state index contributed by atoms with van der Waals surface area (Å²) >= 11 is 0. The zero-order chi connectivity index (χ0) is 19.4. The molecule has 6 nitrogen and oxygen atoms in total. The Morgan fingerprint density at radius 1 is 1.22 bits per heavy atom. The molecule has 27 heavy (non-hydrogen) atoms. The number of nitrogens with zero attached hydrogens (tertiary/aromatic N) is 2. The fourth-order valence-corrected chi connectivity index (χ4v) is 4.21. The van der Waals surface area contributed by atoms with Gasteiger partial charge in [-0.2, -0.15) is 0 Å². The summed E-state index contributed by atoms with van der Waals surface area (Å²) in [4.78, 5) is 28.2. The number of fused-ring (bicyclic) bond motifs is 1. The van der Waals surface area contributed by atoms with Crippen LogP contribution in [0.3, 0.4) is 0 Å². The zero-order valence-electron chi connectivity index (χ0n) is 16.5. The molecule has 0 unspecified atom stereocenters. The van der Waals surface area contributed by atoms with Crippen molar-refractivity contribution in [2.75, 3.05) is 40.9 Å². The van der Waals surface area contributed by atoms with Gasteiger partial charge in [0, 0.05) is 33.1 Å². The molecule has 2 amide bonds. The quantitative estimate of drug-likeness (QED) is 0.764. The van der Waals surface area contributed by atoms with Crippen LogP contribution in [0.25, 0.3) is 0 Å². The van der Waals surface area contributed by atoms with Crippen molar-refractivity contribution in [3.05, 3.63) is 29.8 Å². The van der Waals surface area contributed by atoms with Gasteiger partial charge >= 0.3 is 0 Å². The summed E-state index contributed by atoms with van der Waals surface area (Å²) < 4.78 is 11.2. The van der Waals surface area contributed by atoms with Gasteiger partial charge in [0.2, 0.25) is 11.8 Å². The molecule has 148 valence electrons. The summed E-state index contributed by atoms with van der Waals surface area (Å²) in [7, 11) is 5.11. The van der Waals surface area contributed by atoms with E-state index in [2.05, 4.69) is 0 Å². The second-order valence-electron chi connectivity index (χ2n) is 7.82. The van der Waals surface area contributed by atoms with E-state index in [1.54, 1.807) is 26.1 Å². The van der Waals surface area contributed by atoms with E-state index in [0.717, 1.165) is 43.7 Å². The van der Waals surface area contributed by atoms with Crippen LogP contribution in [-0.4, -0.2) is 68.6 Å². The molecule has 0 bridgehead atoms. The van der Waals surface area contributed by atoms with Crippen LogP contribution in [0.2, 0.25) is 0 Å². The molecule has 1 aliphatic carbocycles. The van der Waals surface area contributed by atoms with E-state index >= 15 is 0 Å². The minimum atomic E-state index is -0.0129. The Labute approximate surface area is 161 Å². The SMILES string of the molecule is COc1cccc(CC(=O)N2C[C@H]3CCC[C@@H](OCC(=O)N(C)C)[C@H]3C2)c1. The summed E-state index contributed by atoms with van der Waals surface area (Å²) in [5.74, 6) is 1.73. The molecule has 1 saturated heterocycles. The number of hydrogen-bond acceptors (Lipinski definition) is 4. The Balaban J connectivity index is 1.58. The van der Waals surface area contributed by atoms with Crippen LogP contribution in [0, 0.1) is 11.8 Å². The molecule has 1 saturated carbocycles. The normalized spacial score (nSPS) is 24.4. The third-order valence-corrected chi connectivity index (χ3v) is 5.79. The van der Waals surface area contributed by atoms with E-state index in [9.17, 15) is 9.59 Å². The molecule has 1 aromatic rings. The maximum absolute atomic E-state index is 12.8. The number of amides is 2. The molecule has 3 atom stereocenters. The number of rotatable bonds is 6. The van der Waals surface area contributed by atoms with Gasteiger partial charge in [-0.15, -0.1) is 0 Å². The first kappa shape index (κ1) is 19.7. The smallest absolute Gasteiger partial charge is 0.248 e. The number of ether oxygens (including phenoxy) is 2. The highest BCUT2D eigenvalue weighted by Crippen LogP contribution is 2.38. The van der Waals surface area contributed by atoms with Crippen molar-refractivity contribution in [1.82, 2.24) is 9.80 Å². The van der Waals surface area contributed by atoms with Crippen molar-refractivity contribution < 1.29 is 19.1 Å². The highest BCUT2D eigenvalue weighted by Gasteiger charge is 2.42. The lowest BCUT2D eigenvalue weighted by molar-refractivity contribution is -0.138. The Kier molecular flexibility index (Phi) is 6.37. The van der Waals surface area contributed by atoms with Crippen LogP contribution in [-0.2, 0) is 20.7 Å². The van der Waals surface area contributed by atoms with Crippen LogP contribution in [0.15, 0.2) is 24.3 Å². The lowest BCUT2D eigenvalue weighted by atomic mass is 9.79. The van der Waals surface area contributed by atoms with Gasteiger partial charge in [-0.25, -0.2) is 0 Å². The molecule has 6 heteroatoms. The minimum Gasteiger partial charge on any atom is -0.497 e. The van der Waals surface area contributed by atoms with Gasteiger partial charge < -0.3 is 19.3 Å². The van der Waals surface area contributed by atoms with Gasteiger partial charge in [0.1, 0.15) is 12.4 Å². The first-order valence-corrected chi connectivity index (χ1v) is 9.70. The summed E-state index contributed by atoms with van der Waals surface area (Å²) in [6, 6.07) is 7.67. The molecular weight excluding hydrogens is 344 g/mol. The monoisotopic (exact) mass is 374 g/mol. The summed E-state index contributed by atoms with van der Waals surface area (Å²) in [5.41, 5.74) is 0.971. The third kappa shape index (κ3) is 4.80. The molecule has 1 heterocycles. The topological polar surface area (TPSA) is 59.1 Å². The molecule has 0 N–H and O–H groups in total. The van der Waals surface area contributed by atoms with E-state index < -0.39 is 0 Å². The fraction of sp³-hybridized carbons (Fsp3) is 0.619. The van der Waals surface area contributed by atoms with E-state index in [1.807, 2.05) is 29.2 Å². The molecular formula is C21H30N2O4. The molecule has 0 spiro atoms. The largest absolute Gasteiger partial charge is 0.497 e. The highest BCUT2D eigenvalue weighted by molar-refractivity contribution is 5.79. The Hall–Kier alpha value is -2.08. The lowest BCUT2D eigenvalue weighted by Crippen LogP contribution is -2.37. The molecule has 1 aromatic carbocycles. The molecule has 2 fully saturated rings. The maximum Gasteiger partial charge on any atom is 0.248 e. The van der Waals surface area contributed by atoms with Gasteiger partial charge in [0.05, 0.1) is 19.6 Å². The van der Waals surface area contributed by atoms with E-state index in [4.69, 9.17) is 9.47 Å². The summed E-state index contributed by atoms with van der Waals surface area (Å²) in [5, 5.41) is 0. The van der Waals surface area contributed by atoms with Gasteiger partial charge in [0.15, 0.2) is 0 Å². The Morgan fingerprint density at radius 3 is 2.78 bits per heavy atom. The predicted molar refractivity (Wildman–Crippen MR) is 103 cm³/mol. The van der Waals surface area contributed by atoms with Crippen molar-refractivity contribution in [2.45, 2.75) is 31.8 Å². The van der Waals surface area contributed by atoms with Crippen molar-refractivity contribution in [3.8, 4) is 5.75 Å². The number of likely N-dealkylation sites (tertiary alicyclic amines) is 1. The van der Waals surface area contributed by atoms with Crippen LogP contribution < -0.4 is 4.74 Å².